The van der Waals surface area contributed by atoms with Crippen molar-refractivity contribution in [3.8, 4) is 0 Å². The maximum Gasteiger partial charge on any atom is 0.356 e. The van der Waals surface area contributed by atoms with E-state index >= 15 is 0 Å². The van der Waals surface area contributed by atoms with Gasteiger partial charge in [0.1, 0.15) is 0 Å². The average Bonchev–Trinajstić information content (AvgIpc) is 2.57. The highest BCUT2D eigenvalue weighted by Gasteiger charge is 2.16. The number of hydrogen-bond donors (Lipinski definition) is 3. The predicted octanol–water partition coefficient (Wildman–Crippen LogP) is 0.441. The van der Waals surface area contributed by atoms with Crippen molar-refractivity contribution in [2.75, 3.05) is 17.6 Å². The Hall–Kier alpha value is -2.31. The van der Waals surface area contributed by atoms with E-state index in [1.165, 1.54) is 4.52 Å². The van der Waals surface area contributed by atoms with Gasteiger partial charge in [0.05, 0.1) is 5.69 Å². The molecule has 0 fully saturated rings. The van der Waals surface area contributed by atoms with Gasteiger partial charge in [0.2, 0.25) is 5.95 Å². The van der Waals surface area contributed by atoms with Gasteiger partial charge in [0.25, 0.3) is 0 Å². The van der Waals surface area contributed by atoms with Gasteiger partial charge < -0.3 is 16.2 Å². The van der Waals surface area contributed by atoms with Crippen molar-refractivity contribution >= 4 is 23.3 Å². The smallest absolute Gasteiger partial charge is 0.356 e. The highest BCUT2D eigenvalue weighted by Crippen LogP contribution is 2.17. The molecule has 2 aromatic heterocycles. The van der Waals surface area contributed by atoms with Crippen LogP contribution in [0.4, 0.5) is 11.6 Å². The quantitative estimate of drug-likeness (QED) is 0.694. The van der Waals surface area contributed by atoms with Crippen LogP contribution in [0.1, 0.15) is 17.4 Å². The lowest BCUT2D eigenvalue weighted by Crippen LogP contribution is -2.12. The topological polar surface area (TPSA) is 106 Å². The van der Waals surface area contributed by atoms with Crippen LogP contribution in [-0.4, -0.2) is 32.2 Å². The Balaban J connectivity index is 2.72. The third-order valence-corrected chi connectivity index (χ3v) is 2.08. The molecule has 84 valence electrons. The minimum atomic E-state index is -1.08. The van der Waals surface area contributed by atoms with E-state index in [0.717, 1.165) is 0 Å². The summed E-state index contributed by atoms with van der Waals surface area (Å²) < 4.78 is 1.22. The number of nitrogens with zero attached hydrogens (tertiary/aromatic N) is 3. The molecule has 16 heavy (non-hydrogen) atoms. The molecule has 7 nitrogen and oxygen atoms in total. The first kappa shape index (κ1) is 10.2. The number of carbonyl (C=O) groups is 1. The monoisotopic (exact) mass is 221 g/mol. The SMILES string of the molecule is CCNc1ccc2nc(N)nn2c1C(=O)O. The predicted molar refractivity (Wildman–Crippen MR) is 58.5 cm³/mol. The number of pyridine rings is 1. The number of anilines is 2. The van der Waals surface area contributed by atoms with Gasteiger partial charge in [-0.15, -0.1) is 5.10 Å². The van der Waals surface area contributed by atoms with Crippen LogP contribution in [0.25, 0.3) is 5.65 Å². The van der Waals surface area contributed by atoms with E-state index in [-0.39, 0.29) is 11.6 Å². The molecule has 0 saturated carbocycles. The molecule has 0 aliphatic carbocycles. The van der Waals surface area contributed by atoms with Crippen LogP contribution in [0.15, 0.2) is 12.1 Å². The molecule has 7 heteroatoms. The third kappa shape index (κ3) is 1.52. The maximum atomic E-state index is 11.2. The molecule has 0 aliphatic heterocycles. The summed E-state index contributed by atoms with van der Waals surface area (Å²) in [6.45, 7) is 2.50. The summed E-state index contributed by atoms with van der Waals surface area (Å²) in [7, 11) is 0. The van der Waals surface area contributed by atoms with Crippen molar-refractivity contribution in [3.63, 3.8) is 0 Å². The van der Waals surface area contributed by atoms with Crippen molar-refractivity contribution in [2.45, 2.75) is 6.92 Å². The van der Waals surface area contributed by atoms with Gasteiger partial charge in [-0.05, 0) is 19.1 Å². The molecule has 2 aromatic rings. The maximum absolute atomic E-state index is 11.2. The molecule has 0 amide bonds. The highest BCUT2D eigenvalue weighted by molar-refractivity contribution is 5.93. The van der Waals surface area contributed by atoms with Gasteiger partial charge >= 0.3 is 5.97 Å². The molecule has 0 atom stereocenters. The van der Waals surface area contributed by atoms with E-state index in [1.807, 2.05) is 6.92 Å². The van der Waals surface area contributed by atoms with Crippen molar-refractivity contribution < 1.29 is 9.90 Å². The second kappa shape index (κ2) is 3.69. The van der Waals surface area contributed by atoms with Gasteiger partial charge in [-0.1, -0.05) is 0 Å². The van der Waals surface area contributed by atoms with Crippen molar-refractivity contribution in [1.82, 2.24) is 14.6 Å². The van der Waals surface area contributed by atoms with E-state index < -0.39 is 5.97 Å². The molecule has 0 aromatic carbocycles. The minimum absolute atomic E-state index is 0.0311. The number of carboxylic acid groups (broad SMARTS) is 1. The molecule has 0 spiro atoms. The van der Waals surface area contributed by atoms with E-state index in [2.05, 4.69) is 15.4 Å². The van der Waals surface area contributed by atoms with E-state index in [1.54, 1.807) is 12.1 Å². The zero-order valence-corrected chi connectivity index (χ0v) is 8.64. The lowest BCUT2D eigenvalue weighted by Gasteiger charge is -2.07. The lowest BCUT2D eigenvalue weighted by molar-refractivity contribution is 0.0688. The van der Waals surface area contributed by atoms with Crippen LogP contribution in [0, 0.1) is 0 Å². The van der Waals surface area contributed by atoms with E-state index in [9.17, 15) is 4.79 Å². The summed E-state index contributed by atoms with van der Waals surface area (Å²) in [6, 6.07) is 3.31. The van der Waals surface area contributed by atoms with Crippen molar-refractivity contribution in [2.24, 2.45) is 0 Å². The number of hydrogen-bond acceptors (Lipinski definition) is 5. The molecule has 0 bridgehead atoms. The Kier molecular flexibility index (Phi) is 2.35. The molecule has 2 heterocycles. The Morgan fingerprint density at radius 2 is 2.38 bits per heavy atom. The average molecular weight is 221 g/mol. The number of fused-ring (bicyclic) bond motifs is 1. The molecule has 4 N–H and O–H groups in total. The van der Waals surface area contributed by atoms with Crippen LogP contribution in [0.5, 0.6) is 0 Å². The summed E-state index contributed by atoms with van der Waals surface area (Å²) >= 11 is 0. The molecule has 0 saturated heterocycles. The van der Waals surface area contributed by atoms with Crippen LogP contribution in [0.3, 0.4) is 0 Å². The standard InChI is InChI=1S/C9H11N5O2/c1-2-11-5-3-4-6-12-9(10)13-14(6)7(5)8(15)16/h3-4,11H,2H2,1H3,(H2,10,13)(H,15,16). The number of nitrogen functional groups attached to an aromatic ring is 1. The first-order valence-electron chi connectivity index (χ1n) is 4.76. The second-order valence-electron chi connectivity index (χ2n) is 3.17. The van der Waals surface area contributed by atoms with E-state index in [4.69, 9.17) is 10.8 Å². The summed E-state index contributed by atoms with van der Waals surface area (Å²) in [5.41, 5.74) is 6.36. The Bertz CT molecular complexity index is 548. The fourth-order valence-corrected chi connectivity index (χ4v) is 1.50. The fourth-order valence-electron chi connectivity index (χ4n) is 1.50. The lowest BCUT2D eigenvalue weighted by atomic mass is 10.3. The third-order valence-electron chi connectivity index (χ3n) is 2.08. The van der Waals surface area contributed by atoms with Crippen LogP contribution >= 0.6 is 0 Å². The largest absolute Gasteiger partial charge is 0.476 e. The molecule has 0 aliphatic rings. The molecule has 0 radical (unpaired) electrons. The molecule has 2 rings (SSSR count). The van der Waals surface area contributed by atoms with Crippen molar-refractivity contribution in [3.05, 3.63) is 17.8 Å². The first-order chi connectivity index (χ1) is 7.63. The summed E-state index contributed by atoms with van der Waals surface area (Å²) in [5.74, 6) is -1.03. The number of aromatic carboxylic acids is 1. The number of nitrogens with two attached hydrogens (primary N) is 1. The fraction of sp³-hybridized carbons (Fsp3) is 0.222. The Labute approximate surface area is 90.9 Å². The zero-order chi connectivity index (χ0) is 11.7. The Morgan fingerprint density at radius 3 is 3.00 bits per heavy atom. The van der Waals surface area contributed by atoms with Gasteiger partial charge in [0, 0.05) is 6.54 Å². The number of aromatic nitrogens is 3. The minimum Gasteiger partial charge on any atom is -0.476 e. The van der Waals surface area contributed by atoms with Crippen LogP contribution in [0.2, 0.25) is 0 Å². The zero-order valence-electron chi connectivity index (χ0n) is 8.64. The number of rotatable bonds is 3. The summed E-state index contributed by atoms with van der Waals surface area (Å²) in [4.78, 5) is 15.0. The molecule has 0 unspecified atom stereocenters. The van der Waals surface area contributed by atoms with Gasteiger partial charge in [-0.2, -0.15) is 4.98 Å². The Morgan fingerprint density at radius 1 is 1.62 bits per heavy atom. The van der Waals surface area contributed by atoms with Gasteiger partial charge in [0.15, 0.2) is 11.3 Å². The number of nitrogens with one attached hydrogen (secondary N) is 1. The van der Waals surface area contributed by atoms with Gasteiger partial charge in [-0.3, -0.25) is 0 Å². The summed E-state index contributed by atoms with van der Waals surface area (Å²) in [6.07, 6.45) is 0. The first-order valence-corrected chi connectivity index (χ1v) is 4.76. The van der Waals surface area contributed by atoms with Gasteiger partial charge in [-0.25, -0.2) is 9.31 Å². The molecular weight excluding hydrogens is 210 g/mol. The van der Waals surface area contributed by atoms with Crippen LogP contribution < -0.4 is 11.1 Å². The van der Waals surface area contributed by atoms with Crippen LogP contribution in [-0.2, 0) is 0 Å². The highest BCUT2D eigenvalue weighted by atomic mass is 16.4. The summed E-state index contributed by atoms with van der Waals surface area (Å²) in [5, 5.41) is 15.9. The molecular formula is C9H11N5O2. The second-order valence-corrected chi connectivity index (χ2v) is 3.17. The number of carboxylic acids is 1. The van der Waals surface area contributed by atoms with E-state index in [0.29, 0.717) is 17.9 Å². The normalized spacial score (nSPS) is 10.6. The van der Waals surface area contributed by atoms with Crippen molar-refractivity contribution in [1.29, 1.82) is 0 Å².